The van der Waals surface area contributed by atoms with E-state index in [4.69, 9.17) is 5.73 Å². The van der Waals surface area contributed by atoms with Crippen molar-refractivity contribution in [3.63, 3.8) is 0 Å². The molecular formula is C23H20FN5O2. The van der Waals surface area contributed by atoms with Crippen LogP contribution in [0.2, 0.25) is 0 Å². The lowest BCUT2D eigenvalue weighted by atomic mass is 10.0. The SMILES string of the molecule is NC(=O)[C@H]1CC(C(=O)N[C@H](c2ccccc2)c2ccccn2)=NN1c1ccc(F)cc1. The van der Waals surface area contributed by atoms with Crippen LogP contribution >= 0.6 is 0 Å². The molecule has 7 nitrogen and oxygen atoms in total. The Hall–Kier alpha value is -4.07. The first-order chi connectivity index (χ1) is 15.0. The van der Waals surface area contributed by atoms with Crippen LogP contribution in [0.5, 0.6) is 0 Å². The number of aromatic nitrogens is 1. The molecule has 1 aromatic heterocycles. The molecule has 31 heavy (non-hydrogen) atoms. The van der Waals surface area contributed by atoms with Gasteiger partial charge in [0.2, 0.25) is 5.91 Å². The van der Waals surface area contributed by atoms with Gasteiger partial charge in [0.1, 0.15) is 17.6 Å². The quantitative estimate of drug-likeness (QED) is 0.644. The van der Waals surface area contributed by atoms with Crippen LogP contribution in [-0.4, -0.2) is 28.6 Å². The average molecular weight is 417 g/mol. The third-order valence-electron chi connectivity index (χ3n) is 4.98. The molecule has 2 aromatic carbocycles. The van der Waals surface area contributed by atoms with E-state index in [1.807, 2.05) is 42.5 Å². The molecule has 2 heterocycles. The van der Waals surface area contributed by atoms with Gasteiger partial charge in [-0.1, -0.05) is 36.4 Å². The van der Waals surface area contributed by atoms with Gasteiger partial charge in [-0.25, -0.2) is 4.39 Å². The number of primary amides is 1. The largest absolute Gasteiger partial charge is 0.368 e. The number of anilines is 1. The molecule has 2 amide bonds. The number of carbonyl (C=O) groups excluding carboxylic acids is 2. The van der Waals surface area contributed by atoms with Crippen molar-refractivity contribution in [1.29, 1.82) is 0 Å². The van der Waals surface area contributed by atoms with E-state index in [0.29, 0.717) is 11.4 Å². The van der Waals surface area contributed by atoms with Crippen molar-refractivity contribution in [1.82, 2.24) is 10.3 Å². The number of nitrogens with one attached hydrogen (secondary N) is 1. The molecule has 0 radical (unpaired) electrons. The molecule has 0 unspecified atom stereocenters. The number of nitrogens with zero attached hydrogens (tertiary/aromatic N) is 3. The average Bonchev–Trinajstić information content (AvgIpc) is 3.25. The Balaban J connectivity index is 1.62. The van der Waals surface area contributed by atoms with E-state index in [1.165, 1.54) is 29.3 Å². The van der Waals surface area contributed by atoms with Gasteiger partial charge >= 0.3 is 0 Å². The van der Waals surface area contributed by atoms with Crippen molar-refractivity contribution in [3.05, 3.63) is 96.1 Å². The highest BCUT2D eigenvalue weighted by atomic mass is 19.1. The predicted molar refractivity (Wildman–Crippen MR) is 115 cm³/mol. The van der Waals surface area contributed by atoms with Gasteiger partial charge in [-0.2, -0.15) is 5.10 Å². The number of pyridine rings is 1. The Morgan fingerprint density at radius 1 is 1.03 bits per heavy atom. The van der Waals surface area contributed by atoms with Crippen LogP contribution in [0.1, 0.15) is 23.7 Å². The molecule has 156 valence electrons. The van der Waals surface area contributed by atoms with E-state index in [2.05, 4.69) is 15.4 Å². The maximum atomic E-state index is 13.3. The van der Waals surface area contributed by atoms with Crippen LogP contribution in [0.3, 0.4) is 0 Å². The molecule has 4 rings (SSSR count). The lowest BCUT2D eigenvalue weighted by Gasteiger charge is -2.20. The van der Waals surface area contributed by atoms with Crippen molar-refractivity contribution in [2.45, 2.75) is 18.5 Å². The first-order valence-corrected chi connectivity index (χ1v) is 9.71. The lowest BCUT2D eigenvalue weighted by Crippen LogP contribution is -2.40. The molecule has 0 aliphatic carbocycles. The summed E-state index contributed by atoms with van der Waals surface area (Å²) in [6.45, 7) is 0. The molecular weight excluding hydrogens is 397 g/mol. The van der Waals surface area contributed by atoms with Crippen molar-refractivity contribution in [2.24, 2.45) is 10.8 Å². The van der Waals surface area contributed by atoms with Crippen LogP contribution in [0.15, 0.2) is 84.1 Å². The highest BCUT2D eigenvalue weighted by Crippen LogP contribution is 2.26. The first kappa shape index (κ1) is 20.2. The van der Waals surface area contributed by atoms with E-state index >= 15 is 0 Å². The van der Waals surface area contributed by atoms with E-state index in [1.54, 1.807) is 12.3 Å². The molecule has 0 spiro atoms. The molecule has 0 saturated carbocycles. The minimum Gasteiger partial charge on any atom is -0.368 e. The topological polar surface area (TPSA) is 101 Å². The number of hydrogen-bond acceptors (Lipinski definition) is 5. The highest BCUT2D eigenvalue weighted by molar-refractivity contribution is 6.40. The molecule has 1 aliphatic rings. The smallest absolute Gasteiger partial charge is 0.268 e. The predicted octanol–water partition coefficient (Wildman–Crippen LogP) is 2.55. The fourth-order valence-corrected chi connectivity index (χ4v) is 3.44. The van der Waals surface area contributed by atoms with Gasteiger partial charge in [-0.3, -0.25) is 19.6 Å². The number of halogens is 1. The van der Waals surface area contributed by atoms with Crippen LogP contribution in [0.4, 0.5) is 10.1 Å². The summed E-state index contributed by atoms with van der Waals surface area (Å²) in [5.74, 6) is -1.47. The van der Waals surface area contributed by atoms with E-state index < -0.39 is 29.7 Å². The molecule has 2 atom stereocenters. The minimum atomic E-state index is -0.837. The van der Waals surface area contributed by atoms with Gasteiger partial charge < -0.3 is 11.1 Å². The zero-order valence-corrected chi connectivity index (χ0v) is 16.5. The van der Waals surface area contributed by atoms with Crippen LogP contribution in [0.25, 0.3) is 0 Å². The lowest BCUT2D eigenvalue weighted by molar-refractivity contribution is -0.119. The van der Waals surface area contributed by atoms with Crippen molar-refractivity contribution >= 4 is 23.2 Å². The summed E-state index contributed by atoms with van der Waals surface area (Å²) in [6, 6.07) is 19.1. The molecule has 1 aliphatic heterocycles. The van der Waals surface area contributed by atoms with Crippen molar-refractivity contribution in [2.75, 3.05) is 5.01 Å². The Labute approximate surface area is 178 Å². The zero-order valence-electron chi connectivity index (χ0n) is 16.5. The third kappa shape index (κ3) is 4.42. The van der Waals surface area contributed by atoms with Gasteiger partial charge in [-0.05, 0) is 42.0 Å². The van der Waals surface area contributed by atoms with Crippen LogP contribution < -0.4 is 16.1 Å². The number of carbonyl (C=O) groups is 2. The van der Waals surface area contributed by atoms with Crippen LogP contribution in [-0.2, 0) is 9.59 Å². The van der Waals surface area contributed by atoms with E-state index in [0.717, 1.165) is 5.56 Å². The summed E-state index contributed by atoms with van der Waals surface area (Å²) < 4.78 is 13.3. The Bertz CT molecular complexity index is 1060. The standard InChI is InChI=1S/C23H20FN5O2/c24-16-9-11-17(12-10-16)29-20(22(25)30)14-19(28-29)23(31)27-21(15-6-2-1-3-7-15)18-8-4-5-13-26-18/h1-13,20-21H,14H2,(H2,25,30)(H,27,31)/t20-,21-/m1/s1. The monoisotopic (exact) mass is 417 g/mol. The molecule has 0 fully saturated rings. The number of nitrogens with two attached hydrogens (primary N) is 1. The van der Waals surface area contributed by atoms with Gasteiger partial charge in [0.05, 0.1) is 17.4 Å². The highest BCUT2D eigenvalue weighted by Gasteiger charge is 2.35. The Kier molecular flexibility index (Phi) is 5.70. The fourth-order valence-electron chi connectivity index (χ4n) is 3.44. The number of hydrazone groups is 1. The summed E-state index contributed by atoms with van der Waals surface area (Å²) in [7, 11) is 0. The summed E-state index contributed by atoms with van der Waals surface area (Å²) in [5.41, 5.74) is 7.68. The summed E-state index contributed by atoms with van der Waals surface area (Å²) in [5, 5.41) is 8.64. The second kappa shape index (κ2) is 8.74. The Morgan fingerprint density at radius 3 is 2.39 bits per heavy atom. The molecule has 0 saturated heterocycles. The Morgan fingerprint density at radius 2 is 1.74 bits per heavy atom. The maximum absolute atomic E-state index is 13.3. The molecule has 3 aromatic rings. The second-order valence-corrected chi connectivity index (χ2v) is 7.06. The first-order valence-electron chi connectivity index (χ1n) is 9.71. The summed E-state index contributed by atoms with van der Waals surface area (Å²) in [4.78, 5) is 29.4. The number of hydrogen-bond donors (Lipinski definition) is 2. The zero-order chi connectivity index (χ0) is 21.8. The summed E-state index contributed by atoms with van der Waals surface area (Å²) >= 11 is 0. The van der Waals surface area contributed by atoms with Gasteiger partial charge in [-0.15, -0.1) is 0 Å². The van der Waals surface area contributed by atoms with Crippen molar-refractivity contribution < 1.29 is 14.0 Å². The molecule has 0 bridgehead atoms. The van der Waals surface area contributed by atoms with E-state index in [-0.39, 0.29) is 12.1 Å². The van der Waals surface area contributed by atoms with Gasteiger partial charge in [0, 0.05) is 12.6 Å². The molecule has 8 heteroatoms. The third-order valence-corrected chi connectivity index (χ3v) is 4.98. The number of rotatable bonds is 6. The van der Waals surface area contributed by atoms with Crippen LogP contribution in [0, 0.1) is 5.82 Å². The number of amides is 2. The minimum absolute atomic E-state index is 0.0439. The maximum Gasteiger partial charge on any atom is 0.268 e. The van der Waals surface area contributed by atoms with Gasteiger partial charge in [0.25, 0.3) is 5.91 Å². The fraction of sp³-hybridized carbons (Fsp3) is 0.130. The van der Waals surface area contributed by atoms with Crippen molar-refractivity contribution in [3.8, 4) is 0 Å². The number of benzene rings is 2. The van der Waals surface area contributed by atoms with E-state index in [9.17, 15) is 14.0 Å². The summed E-state index contributed by atoms with van der Waals surface area (Å²) in [6.07, 6.45) is 1.70. The second-order valence-electron chi connectivity index (χ2n) is 7.06. The normalized spacial score (nSPS) is 16.5. The van der Waals surface area contributed by atoms with Gasteiger partial charge in [0.15, 0.2) is 0 Å². The molecule has 3 N–H and O–H groups in total.